The molecule has 0 atom stereocenters. The van der Waals surface area contributed by atoms with Crippen molar-refractivity contribution in [3.63, 3.8) is 0 Å². The smallest absolute Gasteiger partial charge is 0.143 e. The molecule has 0 unspecified atom stereocenters. The van der Waals surface area contributed by atoms with Gasteiger partial charge in [0, 0.05) is 16.2 Å². The maximum Gasteiger partial charge on any atom is 0.143 e. The fourth-order valence-electron chi connectivity index (χ4n) is 1.66. The average Bonchev–Trinajstić information content (AvgIpc) is 2.39. The zero-order valence-corrected chi connectivity index (χ0v) is 12.5. The van der Waals surface area contributed by atoms with E-state index in [9.17, 15) is 0 Å². The standard InChI is InChI=1S/C14H13BrClNO/c1-10-3-8-14(18-2)13(9-10)17(16)12-6-4-11(15)5-7-12/h3-9H,1-2H3. The van der Waals surface area contributed by atoms with Crippen LogP contribution >= 0.6 is 27.7 Å². The van der Waals surface area contributed by atoms with Crippen molar-refractivity contribution in [1.82, 2.24) is 0 Å². The van der Waals surface area contributed by atoms with Gasteiger partial charge in [-0.15, -0.1) is 0 Å². The Morgan fingerprint density at radius 2 is 1.78 bits per heavy atom. The van der Waals surface area contributed by atoms with Gasteiger partial charge in [0.25, 0.3) is 0 Å². The summed E-state index contributed by atoms with van der Waals surface area (Å²) in [6, 6.07) is 13.7. The van der Waals surface area contributed by atoms with Gasteiger partial charge in [-0.25, -0.2) is 4.42 Å². The number of methoxy groups -OCH3 is 1. The minimum Gasteiger partial charge on any atom is -0.495 e. The van der Waals surface area contributed by atoms with E-state index >= 15 is 0 Å². The Morgan fingerprint density at radius 1 is 1.11 bits per heavy atom. The molecule has 2 nitrogen and oxygen atoms in total. The molecule has 0 amide bonds. The molecule has 0 aliphatic heterocycles. The molecule has 2 rings (SSSR count). The highest BCUT2D eigenvalue weighted by molar-refractivity contribution is 9.10. The molecule has 0 saturated carbocycles. The molecule has 0 N–H and O–H groups in total. The van der Waals surface area contributed by atoms with Crippen LogP contribution in [0.1, 0.15) is 5.56 Å². The van der Waals surface area contributed by atoms with Crippen LogP contribution in [0.3, 0.4) is 0 Å². The fraction of sp³-hybridized carbons (Fsp3) is 0.143. The van der Waals surface area contributed by atoms with E-state index in [1.54, 1.807) is 11.5 Å². The molecular formula is C14H13BrClNO. The van der Waals surface area contributed by atoms with Crippen LogP contribution in [-0.2, 0) is 0 Å². The van der Waals surface area contributed by atoms with Crippen LogP contribution in [0.15, 0.2) is 46.9 Å². The number of anilines is 2. The summed E-state index contributed by atoms with van der Waals surface area (Å²) in [5.74, 6) is 0.749. The minimum absolute atomic E-state index is 0.749. The van der Waals surface area contributed by atoms with Crippen molar-refractivity contribution < 1.29 is 4.74 Å². The van der Waals surface area contributed by atoms with Gasteiger partial charge in [0.15, 0.2) is 0 Å². The van der Waals surface area contributed by atoms with Crippen molar-refractivity contribution in [3.05, 3.63) is 52.5 Å². The lowest BCUT2D eigenvalue weighted by atomic mass is 10.2. The van der Waals surface area contributed by atoms with Crippen LogP contribution in [0.25, 0.3) is 0 Å². The fourth-order valence-corrected chi connectivity index (χ4v) is 2.17. The Hall–Kier alpha value is -1.19. The molecule has 0 heterocycles. The van der Waals surface area contributed by atoms with Gasteiger partial charge >= 0.3 is 0 Å². The van der Waals surface area contributed by atoms with E-state index in [1.807, 2.05) is 49.4 Å². The topological polar surface area (TPSA) is 12.5 Å². The molecule has 0 radical (unpaired) electrons. The average molecular weight is 327 g/mol. The van der Waals surface area contributed by atoms with E-state index < -0.39 is 0 Å². The SMILES string of the molecule is COc1ccc(C)cc1N(Cl)c1ccc(Br)cc1. The lowest BCUT2D eigenvalue weighted by Crippen LogP contribution is -2.04. The van der Waals surface area contributed by atoms with Gasteiger partial charge in [0.05, 0.1) is 12.8 Å². The molecule has 0 aliphatic carbocycles. The second-order valence-corrected chi connectivity index (χ2v) is 5.19. The zero-order chi connectivity index (χ0) is 13.1. The summed E-state index contributed by atoms with van der Waals surface area (Å²) in [7, 11) is 1.64. The molecule has 0 aliphatic rings. The minimum atomic E-state index is 0.749. The number of benzene rings is 2. The van der Waals surface area contributed by atoms with Crippen molar-refractivity contribution in [2.45, 2.75) is 6.92 Å². The Morgan fingerprint density at radius 3 is 2.39 bits per heavy atom. The zero-order valence-electron chi connectivity index (χ0n) is 10.2. The molecule has 4 heteroatoms. The second kappa shape index (κ2) is 5.63. The molecular weight excluding hydrogens is 314 g/mol. The summed E-state index contributed by atoms with van der Waals surface area (Å²) in [6.07, 6.45) is 0. The number of aryl methyl sites for hydroxylation is 1. The number of nitrogens with zero attached hydrogens (tertiary/aromatic N) is 1. The second-order valence-electron chi connectivity index (χ2n) is 3.93. The molecule has 0 spiro atoms. The summed E-state index contributed by atoms with van der Waals surface area (Å²) >= 11 is 9.78. The summed E-state index contributed by atoms with van der Waals surface area (Å²) < 4.78 is 7.95. The van der Waals surface area contributed by atoms with E-state index in [4.69, 9.17) is 16.5 Å². The first-order chi connectivity index (χ1) is 8.61. The molecule has 0 fully saturated rings. The van der Waals surface area contributed by atoms with Gasteiger partial charge in [-0.2, -0.15) is 0 Å². The molecule has 0 saturated heterocycles. The Kier molecular flexibility index (Phi) is 4.15. The van der Waals surface area contributed by atoms with Crippen LogP contribution in [0, 0.1) is 6.92 Å². The molecule has 18 heavy (non-hydrogen) atoms. The van der Waals surface area contributed by atoms with Crippen LogP contribution in [0.4, 0.5) is 11.4 Å². The maximum atomic E-state index is 6.38. The summed E-state index contributed by atoms with van der Waals surface area (Å²) in [5.41, 5.74) is 2.86. The van der Waals surface area contributed by atoms with E-state index in [-0.39, 0.29) is 0 Å². The Balaban J connectivity index is 2.41. The van der Waals surface area contributed by atoms with E-state index in [1.165, 1.54) is 0 Å². The van der Waals surface area contributed by atoms with Gasteiger partial charge in [0.1, 0.15) is 11.4 Å². The normalized spacial score (nSPS) is 10.2. The number of hydrogen-bond acceptors (Lipinski definition) is 2. The summed E-state index contributed by atoms with van der Waals surface area (Å²) in [4.78, 5) is 0. The summed E-state index contributed by atoms with van der Waals surface area (Å²) in [6.45, 7) is 2.02. The monoisotopic (exact) mass is 325 g/mol. The first kappa shape index (κ1) is 13.2. The summed E-state index contributed by atoms with van der Waals surface area (Å²) in [5, 5.41) is 0. The molecule has 0 aromatic heterocycles. The van der Waals surface area contributed by atoms with Crippen molar-refractivity contribution in [2.75, 3.05) is 11.5 Å². The van der Waals surface area contributed by atoms with Crippen LogP contribution < -0.4 is 9.16 Å². The third-order valence-corrected chi connectivity index (χ3v) is 3.51. The molecule has 2 aromatic rings. The van der Waals surface area contributed by atoms with Crippen LogP contribution in [0.2, 0.25) is 0 Å². The predicted octanol–water partition coefficient (Wildman–Crippen LogP) is 5.06. The number of ether oxygens (including phenoxy) is 1. The Bertz CT molecular complexity index is 542. The van der Waals surface area contributed by atoms with Crippen molar-refractivity contribution in [1.29, 1.82) is 0 Å². The number of hydrogen-bond donors (Lipinski definition) is 0. The number of rotatable bonds is 3. The van der Waals surface area contributed by atoms with E-state index in [0.29, 0.717) is 0 Å². The molecule has 0 bridgehead atoms. The van der Waals surface area contributed by atoms with Crippen LogP contribution in [-0.4, -0.2) is 7.11 Å². The highest BCUT2D eigenvalue weighted by Gasteiger charge is 2.12. The molecule has 94 valence electrons. The van der Waals surface area contributed by atoms with Gasteiger partial charge in [-0.3, -0.25) is 0 Å². The van der Waals surface area contributed by atoms with E-state index in [2.05, 4.69) is 15.9 Å². The van der Waals surface area contributed by atoms with Crippen molar-refractivity contribution in [3.8, 4) is 5.75 Å². The lowest BCUT2D eigenvalue weighted by Gasteiger charge is -2.19. The predicted molar refractivity (Wildman–Crippen MR) is 79.9 cm³/mol. The van der Waals surface area contributed by atoms with Crippen molar-refractivity contribution in [2.24, 2.45) is 0 Å². The van der Waals surface area contributed by atoms with Crippen LogP contribution in [0.5, 0.6) is 5.75 Å². The van der Waals surface area contributed by atoms with E-state index in [0.717, 1.165) is 27.2 Å². The van der Waals surface area contributed by atoms with Gasteiger partial charge in [0.2, 0.25) is 0 Å². The highest BCUT2D eigenvalue weighted by Crippen LogP contribution is 2.36. The van der Waals surface area contributed by atoms with Gasteiger partial charge < -0.3 is 4.74 Å². The highest BCUT2D eigenvalue weighted by atomic mass is 79.9. The Labute approximate surface area is 120 Å². The first-order valence-corrected chi connectivity index (χ1v) is 6.61. The van der Waals surface area contributed by atoms with Gasteiger partial charge in [-0.05, 0) is 48.9 Å². The third-order valence-electron chi connectivity index (χ3n) is 2.60. The first-order valence-electron chi connectivity index (χ1n) is 5.48. The third kappa shape index (κ3) is 2.79. The molecule has 2 aromatic carbocycles. The maximum absolute atomic E-state index is 6.38. The largest absolute Gasteiger partial charge is 0.495 e. The van der Waals surface area contributed by atoms with Gasteiger partial charge in [-0.1, -0.05) is 22.0 Å². The van der Waals surface area contributed by atoms with Crippen molar-refractivity contribution >= 4 is 39.1 Å². The lowest BCUT2D eigenvalue weighted by molar-refractivity contribution is 0.416. The quantitative estimate of drug-likeness (QED) is 0.731. The number of halogens is 2.